The number of benzene rings is 1. The number of halogens is 6. The van der Waals surface area contributed by atoms with E-state index in [-0.39, 0.29) is 5.46 Å². The summed E-state index contributed by atoms with van der Waals surface area (Å²) in [5.74, 6) is 0. The van der Waals surface area contributed by atoms with Crippen molar-refractivity contribution in [3.63, 3.8) is 0 Å². The molecule has 1 fully saturated rings. The minimum absolute atomic E-state index is 0.0426. The molecule has 9 heteroatoms. The van der Waals surface area contributed by atoms with E-state index in [0.29, 0.717) is 6.07 Å². The topological polar surface area (TPSA) is 18.5 Å². The van der Waals surface area contributed by atoms with Crippen LogP contribution in [0.25, 0.3) is 0 Å². The average Bonchev–Trinajstić information content (AvgIpc) is 2.54. The first kappa shape index (κ1) is 19.1. The molecule has 0 atom stereocenters. The molecule has 0 saturated carbocycles. The third kappa shape index (κ3) is 3.88. The van der Waals surface area contributed by atoms with Gasteiger partial charge in [-0.3, -0.25) is 0 Å². The number of hydrogen-bond donors (Lipinski definition) is 0. The van der Waals surface area contributed by atoms with Crippen LogP contribution in [0.2, 0.25) is 0 Å². The molecule has 0 spiro atoms. The van der Waals surface area contributed by atoms with Crippen molar-refractivity contribution in [2.75, 3.05) is 0 Å². The van der Waals surface area contributed by atoms with Crippen molar-refractivity contribution in [3.8, 4) is 0 Å². The molecule has 0 unspecified atom stereocenters. The Balaban J connectivity index is 2.46. The van der Waals surface area contributed by atoms with E-state index < -0.39 is 48.2 Å². The highest BCUT2D eigenvalue weighted by molar-refractivity contribution is 6.62. The van der Waals surface area contributed by atoms with Gasteiger partial charge in [0.2, 0.25) is 0 Å². The van der Waals surface area contributed by atoms with Gasteiger partial charge in [0.05, 0.1) is 23.2 Å². The fourth-order valence-corrected chi connectivity index (χ4v) is 2.35. The van der Waals surface area contributed by atoms with Crippen molar-refractivity contribution >= 4 is 12.6 Å². The maximum absolute atomic E-state index is 12.8. The summed E-state index contributed by atoms with van der Waals surface area (Å²) in [4.78, 5) is 0. The lowest BCUT2D eigenvalue weighted by Crippen LogP contribution is -2.41. The number of rotatable bonds is 2. The van der Waals surface area contributed by atoms with Gasteiger partial charge in [-0.25, -0.2) is 0 Å². The summed E-state index contributed by atoms with van der Waals surface area (Å²) in [6.45, 7) is 6.84. The summed E-state index contributed by atoms with van der Waals surface area (Å²) in [5, 5.41) is 0. The fourth-order valence-electron chi connectivity index (χ4n) is 2.35. The van der Waals surface area contributed by atoms with Gasteiger partial charge in [0.15, 0.2) is 0 Å². The quantitative estimate of drug-likeness (QED) is 0.588. The van der Waals surface area contributed by atoms with Crippen LogP contribution in [-0.2, 0) is 21.9 Å². The minimum Gasteiger partial charge on any atom is -0.399 e. The van der Waals surface area contributed by atoms with Crippen molar-refractivity contribution in [3.05, 3.63) is 29.3 Å². The summed E-state index contributed by atoms with van der Waals surface area (Å²) >= 11 is 0. The first-order valence-electron chi connectivity index (χ1n) is 7.25. The molecule has 0 amide bonds. The van der Waals surface area contributed by atoms with Crippen LogP contribution in [-0.4, -0.2) is 24.5 Å². The van der Waals surface area contributed by atoms with E-state index >= 15 is 0 Å². The molecule has 24 heavy (non-hydrogen) atoms. The monoisotopic (exact) mass is 354 g/mol. The van der Waals surface area contributed by atoms with Crippen LogP contribution in [0.3, 0.4) is 0 Å². The van der Waals surface area contributed by atoms with Gasteiger partial charge in [-0.2, -0.15) is 26.3 Å². The predicted molar refractivity (Wildman–Crippen MR) is 76.9 cm³/mol. The zero-order valence-corrected chi connectivity index (χ0v) is 13.6. The molecule has 0 aliphatic carbocycles. The molecule has 2 rings (SSSR count). The maximum atomic E-state index is 12.8. The van der Waals surface area contributed by atoms with Crippen LogP contribution in [0, 0.1) is 0 Å². The normalized spacial score (nSPS) is 20.5. The molecule has 1 saturated heterocycles. The van der Waals surface area contributed by atoms with Gasteiger partial charge in [-0.1, -0.05) is 12.1 Å². The average molecular weight is 354 g/mol. The predicted octanol–water partition coefficient (Wildman–Crippen LogP) is 4.11. The van der Waals surface area contributed by atoms with E-state index in [1.807, 2.05) is 0 Å². The van der Waals surface area contributed by atoms with Gasteiger partial charge in [0, 0.05) is 0 Å². The smallest absolute Gasteiger partial charge is 0.399 e. The Kier molecular flexibility index (Phi) is 4.51. The van der Waals surface area contributed by atoms with E-state index in [2.05, 4.69) is 0 Å². The third-order valence-corrected chi connectivity index (χ3v) is 4.37. The summed E-state index contributed by atoms with van der Waals surface area (Å²) in [5.41, 5.74) is -3.30. The molecule has 1 aliphatic heterocycles. The summed E-state index contributed by atoms with van der Waals surface area (Å²) in [7, 11) is -1.16. The second-order valence-electron chi connectivity index (χ2n) is 6.79. The Morgan fingerprint density at radius 3 is 1.83 bits per heavy atom. The Hall–Kier alpha value is -1.22. The highest BCUT2D eigenvalue weighted by Crippen LogP contribution is 2.37. The minimum atomic E-state index is -4.73. The molecular formula is C15H17BF6O2. The van der Waals surface area contributed by atoms with Crippen molar-refractivity contribution in [2.24, 2.45) is 0 Å². The van der Waals surface area contributed by atoms with Crippen LogP contribution in [0.15, 0.2) is 18.2 Å². The Bertz CT molecular complexity index is 605. The molecule has 1 aliphatic rings. The lowest BCUT2D eigenvalue weighted by atomic mass is 9.74. The summed E-state index contributed by atoms with van der Waals surface area (Å²) in [6.07, 6.45) is -10.9. The standard InChI is InChI=1S/C15H17BF6O2/c1-12(2)13(3,4)24-16(23-12)11-6-5-10(15(20,21)22)7-9(11)8-14(17,18)19/h5-7H,8H2,1-4H3. The van der Waals surface area contributed by atoms with Crippen molar-refractivity contribution in [1.82, 2.24) is 0 Å². The Morgan fingerprint density at radius 1 is 0.917 bits per heavy atom. The van der Waals surface area contributed by atoms with Crippen LogP contribution in [0.4, 0.5) is 26.3 Å². The largest absolute Gasteiger partial charge is 0.495 e. The van der Waals surface area contributed by atoms with Gasteiger partial charge in [0.1, 0.15) is 0 Å². The first-order chi connectivity index (χ1) is 10.6. The van der Waals surface area contributed by atoms with E-state index in [9.17, 15) is 26.3 Å². The fraction of sp³-hybridized carbons (Fsp3) is 0.600. The van der Waals surface area contributed by atoms with Crippen molar-refractivity contribution in [2.45, 2.75) is 57.7 Å². The molecule has 1 heterocycles. The zero-order valence-electron chi connectivity index (χ0n) is 13.6. The van der Waals surface area contributed by atoms with E-state index in [0.717, 1.165) is 12.1 Å². The van der Waals surface area contributed by atoms with Gasteiger partial charge in [-0.05, 0) is 44.8 Å². The lowest BCUT2D eigenvalue weighted by Gasteiger charge is -2.32. The second-order valence-corrected chi connectivity index (χ2v) is 6.79. The molecule has 0 N–H and O–H groups in total. The number of alkyl halides is 6. The molecule has 0 bridgehead atoms. The van der Waals surface area contributed by atoms with Crippen LogP contribution in [0.1, 0.15) is 38.8 Å². The van der Waals surface area contributed by atoms with Gasteiger partial charge < -0.3 is 9.31 Å². The van der Waals surface area contributed by atoms with E-state index in [1.54, 1.807) is 27.7 Å². The van der Waals surface area contributed by atoms with Gasteiger partial charge in [0.25, 0.3) is 0 Å². The van der Waals surface area contributed by atoms with Gasteiger partial charge in [-0.15, -0.1) is 0 Å². The zero-order chi connectivity index (χ0) is 18.6. The summed E-state index contributed by atoms with van der Waals surface area (Å²) < 4.78 is 88.1. The Labute approximate surface area is 136 Å². The van der Waals surface area contributed by atoms with Crippen molar-refractivity contribution < 1.29 is 35.7 Å². The molecule has 1 aromatic rings. The number of hydrogen-bond acceptors (Lipinski definition) is 2. The Morgan fingerprint density at radius 2 is 1.42 bits per heavy atom. The van der Waals surface area contributed by atoms with Crippen LogP contribution < -0.4 is 5.46 Å². The molecular weight excluding hydrogens is 337 g/mol. The molecule has 134 valence electrons. The first-order valence-corrected chi connectivity index (χ1v) is 7.25. The molecule has 2 nitrogen and oxygen atoms in total. The maximum Gasteiger partial charge on any atom is 0.495 e. The summed E-state index contributed by atoms with van der Waals surface area (Å²) in [6, 6.07) is 2.24. The third-order valence-electron chi connectivity index (χ3n) is 4.37. The lowest BCUT2D eigenvalue weighted by molar-refractivity contribution is -0.138. The van der Waals surface area contributed by atoms with Crippen LogP contribution >= 0.6 is 0 Å². The van der Waals surface area contributed by atoms with Crippen LogP contribution in [0.5, 0.6) is 0 Å². The van der Waals surface area contributed by atoms with E-state index in [4.69, 9.17) is 9.31 Å². The second kappa shape index (κ2) is 5.66. The van der Waals surface area contributed by atoms with E-state index in [1.165, 1.54) is 0 Å². The van der Waals surface area contributed by atoms with Crippen molar-refractivity contribution in [1.29, 1.82) is 0 Å². The van der Waals surface area contributed by atoms with Gasteiger partial charge >= 0.3 is 19.5 Å². The molecule has 0 aromatic heterocycles. The highest BCUT2D eigenvalue weighted by Gasteiger charge is 2.52. The molecule has 0 radical (unpaired) electrons. The SMILES string of the molecule is CC1(C)OB(c2ccc(C(F)(F)F)cc2CC(F)(F)F)OC1(C)C. The molecule has 1 aromatic carbocycles. The highest BCUT2D eigenvalue weighted by atomic mass is 19.4.